The molecule has 3 aromatic heterocycles. The fourth-order valence-electron chi connectivity index (χ4n) is 4.23. The molecule has 1 aliphatic heterocycles. The molecular formula is C23H21F3N8O3. The Kier molecular flexibility index (Phi) is 6.11. The third kappa shape index (κ3) is 5.00. The highest BCUT2D eigenvalue weighted by Crippen LogP contribution is 2.41. The maximum Gasteiger partial charge on any atom is 0.491 e. The number of benzene rings is 1. The zero-order chi connectivity index (χ0) is 26.3. The van der Waals surface area contributed by atoms with Crippen LogP contribution in [0, 0.1) is 0 Å². The van der Waals surface area contributed by atoms with Gasteiger partial charge in [0, 0.05) is 43.1 Å². The average molecular weight is 514 g/mol. The second-order valence-corrected chi connectivity index (χ2v) is 8.72. The summed E-state index contributed by atoms with van der Waals surface area (Å²) < 4.78 is 45.3. The normalized spacial score (nSPS) is 18.2. The van der Waals surface area contributed by atoms with Gasteiger partial charge >= 0.3 is 12.1 Å². The summed E-state index contributed by atoms with van der Waals surface area (Å²) in [7, 11) is 0. The van der Waals surface area contributed by atoms with Gasteiger partial charge in [-0.25, -0.2) is 19.3 Å². The summed E-state index contributed by atoms with van der Waals surface area (Å²) in [6.07, 6.45) is -0.893. The maximum absolute atomic E-state index is 13.0. The lowest BCUT2D eigenvalue weighted by Crippen LogP contribution is -2.54. The number of hydrogen-bond donors (Lipinski definition) is 2. The fraction of sp³-hybridized carbons (Fsp3) is 0.304. The van der Waals surface area contributed by atoms with E-state index in [0.717, 1.165) is 0 Å². The summed E-state index contributed by atoms with van der Waals surface area (Å²) in [5.41, 5.74) is 0.690. The van der Waals surface area contributed by atoms with E-state index in [1.165, 1.54) is 29.0 Å². The van der Waals surface area contributed by atoms with Gasteiger partial charge in [-0.1, -0.05) is 0 Å². The second-order valence-electron chi connectivity index (χ2n) is 8.72. The Morgan fingerprint density at radius 1 is 1.11 bits per heavy atom. The Labute approximate surface area is 207 Å². The number of imidazole rings is 1. The molecule has 0 bridgehead atoms. The number of carbonyl (C=O) groups excluding carboxylic acids is 1. The van der Waals surface area contributed by atoms with Crippen LogP contribution in [0.15, 0.2) is 42.9 Å². The van der Waals surface area contributed by atoms with E-state index >= 15 is 0 Å². The number of aromatic nitrogens is 6. The van der Waals surface area contributed by atoms with Crippen molar-refractivity contribution in [2.75, 3.05) is 18.0 Å². The van der Waals surface area contributed by atoms with Crippen LogP contribution in [0.1, 0.15) is 13.8 Å². The van der Waals surface area contributed by atoms with Crippen LogP contribution in [0.2, 0.25) is 0 Å². The average Bonchev–Trinajstić information content (AvgIpc) is 3.31. The van der Waals surface area contributed by atoms with Gasteiger partial charge in [0.25, 0.3) is 0 Å². The van der Waals surface area contributed by atoms with Crippen LogP contribution in [0.3, 0.4) is 0 Å². The first-order valence-corrected chi connectivity index (χ1v) is 11.3. The van der Waals surface area contributed by atoms with Crippen molar-refractivity contribution in [3.63, 3.8) is 0 Å². The molecule has 1 saturated heterocycles. The monoisotopic (exact) mass is 514 g/mol. The number of rotatable bonds is 4. The molecule has 37 heavy (non-hydrogen) atoms. The van der Waals surface area contributed by atoms with Crippen molar-refractivity contribution in [1.29, 1.82) is 0 Å². The van der Waals surface area contributed by atoms with Crippen molar-refractivity contribution in [3.8, 4) is 34.0 Å². The highest BCUT2D eigenvalue weighted by Gasteiger charge is 2.42. The van der Waals surface area contributed by atoms with Gasteiger partial charge in [-0.15, -0.1) is 10.2 Å². The highest BCUT2D eigenvalue weighted by molar-refractivity contribution is 5.85. The predicted octanol–water partition coefficient (Wildman–Crippen LogP) is 2.61. The Hall–Kier alpha value is -4.33. The molecule has 2 atom stereocenters. The number of ether oxygens (including phenoxy) is 1. The van der Waals surface area contributed by atoms with E-state index in [0.29, 0.717) is 24.7 Å². The number of carbonyl (C=O) groups is 1. The molecule has 0 spiro atoms. The van der Waals surface area contributed by atoms with Crippen LogP contribution < -0.4 is 15.0 Å². The number of nitrogens with one attached hydrogen (secondary N) is 1. The number of esters is 1. The number of piperazine rings is 1. The zero-order valence-electron chi connectivity index (χ0n) is 19.6. The molecule has 4 heterocycles. The van der Waals surface area contributed by atoms with Gasteiger partial charge in [-0.05, 0) is 38.1 Å². The van der Waals surface area contributed by atoms with Crippen LogP contribution in [0.25, 0.3) is 28.2 Å². The summed E-state index contributed by atoms with van der Waals surface area (Å²) in [4.78, 5) is 22.0. The molecule has 0 aliphatic carbocycles. The van der Waals surface area contributed by atoms with Crippen LogP contribution >= 0.6 is 0 Å². The highest BCUT2D eigenvalue weighted by atomic mass is 19.4. The lowest BCUT2D eigenvalue weighted by atomic mass is 10.0. The van der Waals surface area contributed by atoms with Crippen molar-refractivity contribution in [1.82, 2.24) is 35.1 Å². The topological polar surface area (TPSA) is 131 Å². The number of nitrogens with zero attached hydrogens (tertiary/aromatic N) is 7. The number of alkyl halides is 3. The number of fused-ring (bicyclic) bond motifs is 1. The number of anilines is 1. The maximum atomic E-state index is 13.0. The van der Waals surface area contributed by atoms with Crippen LogP contribution in [0.4, 0.5) is 19.1 Å². The summed E-state index contributed by atoms with van der Waals surface area (Å²) >= 11 is 0. The SMILES string of the molecule is C[C@@H]1CN(c2ncc(-c3c(O)cc(-c4ccc5nccn5n4)cc3OC(=O)C(F)(F)F)nn2)C[C@H](C)N1. The van der Waals surface area contributed by atoms with Crippen molar-refractivity contribution >= 4 is 17.6 Å². The first-order valence-electron chi connectivity index (χ1n) is 11.3. The van der Waals surface area contributed by atoms with Gasteiger partial charge in [0.2, 0.25) is 5.95 Å². The van der Waals surface area contributed by atoms with Gasteiger partial charge < -0.3 is 20.1 Å². The molecule has 14 heteroatoms. The Morgan fingerprint density at radius 2 is 1.86 bits per heavy atom. The van der Waals surface area contributed by atoms with Gasteiger partial charge in [-0.2, -0.15) is 18.3 Å². The Morgan fingerprint density at radius 3 is 2.54 bits per heavy atom. The minimum atomic E-state index is -5.26. The molecule has 1 aromatic carbocycles. The smallest absolute Gasteiger partial charge is 0.491 e. The van der Waals surface area contributed by atoms with Gasteiger partial charge in [0.05, 0.1) is 17.5 Å². The Bertz CT molecular complexity index is 1450. The summed E-state index contributed by atoms with van der Waals surface area (Å²) in [6, 6.07) is 6.03. The summed E-state index contributed by atoms with van der Waals surface area (Å²) in [5.74, 6) is -3.20. The van der Waals surface area contributed by atoms with Crippen molar-refractivity contribution < 1.29 is 27.8 Å². The largest absolute Gasteiger partial charge is 0.507 e. The first-order chi connectivity index (χ1) is 17.6. The predicted molar refractivity (Wildman–Crippen MR) is 125 cm³/mol. The zero-order valence-corrected chi connectivity index (χ0v) is 19.6. The molecular weight excluding hydrogens is 493 g/mol. The molecule has 0 saturated carbocycles. The van der Waals surface area contributed by atoms with Gasteiger partial charge in [-0.3, -0.25) is 0 Å². The molecule has 0 amide bonds. The number of phenolic OH excluding ortho intramolecular Hbond substituents is 1. The molecule has 2 N–H and O–H groups in total. The number of aromatic hydroxyl groups is 1. The van der Waals surface area contributed by atoms with E-state index < -0.39 is 23.6 Å². The van der Waals surface area contributed by atoms with E-state index in [9.17, 15) is 23.1 Å². The number of hydrogen-bond acceptors (Lipinski definition) is 10. The second kappa shape index (κ2) is 9.28. The van der Waals surface area contributed by atoms with Crippen LogP contribution in [-0.4, -0.2) is 72.2 Å². The molecule has 0 radical (unpaired) electrons. The minimum Gasteiger partial charge on any atom is -0.507 e. The van der Waals surface area contributed by atoms with E-state index in [2.05, 4.69) is 35.3 Å². The summed E-state index contributed by atoms with van der Waals surface area (Å²) in [6.45, 7) is 5.30. The number of halogens is 3. The van der Waals surface area contributed by atoms with Crippen LogP contribution in [-0.2, 0) is 4.79 Å². The van der Waals surface area contributed by atoms with E-state index in [1.807, 2.05) is 18.7 Å². The third-order valence-electron chi connectivity index (χ3n) is 5.71. The van der Waals surface area contributed by atoms with Crippen molar-refractivity contribution in [2.45, 2.75) is 32.1 Å². The van der Waals surface area contributed by atoms with E-state index in [-0.39, 0.29) is 34.6 Å². The standard InChI is InChI=1S/C23H21F3N8O3/c1-12-10-33(11-13(2)29-12)22-28-9-16(30-31-22)20-17(35)7-14(8-18(20)37-21(36)23(24,25)26)15-3-4-19-27-5-6-34(19)32-15/h3-9,12-13,29,35H,10-11H2,1-2H3/t12-,13+. The molecule has 5 rings (SSSR count). The van der Waals surface area contributed by atoms with Crippen molar-refractivity contribution in [3.05, 3.63) is 42.9 Å². The van der Waals surface area contributed by atoms with E-state index in [1.54, 1.807) is 18.3 Å². The third-order valence-corrected chi connectivity index (χ3v) is 5.71. The molecule has 4 aromatic rings. The fourth-order valence-corrected chi connectivity index (χ4v) is 4.23. The quantitative estimate of drug-likeness (QED) is 0.310. The van der Waals surface area contributed by atoms with Crippen molar-refractivity contribution in [2.24, 2.45) is 0 Å². The molecule has 11 nitrogen and oxygen atoms in total. The lowest BCUT2D eigenvalue weighted by Gasteiger charge is -2.35. The number of phenols is 1. The van der Waals surface area contributed by atoms with Gasteiger partial charge in [0.1, 0.15) is 17.2 Å². The molecule has 1 aliphatic rings. The van der Waals surface area contributed by atoms with Gasteiger partial charge in [0.15, 0.2) is 5.65 Å². The Balaban J connectivity index is 1.55. The first kappa shape index (κ1) is 24.4. The van der Waals surface area contributed by atoms with E-state index in [4.69, 9.17) is 0 Å². The summed E-state index contributed by atoms with van der Waals surface area (Å²) in [5, 5.41) is 26.7. The minimum absolute atomic E-state index is 0.0768. The molecule has 192 valence electrons. The van der Waals surface area contributed by atoms with Crippen LogP contribution in [0.5, 0.6) is 11.5 Å². The lowest BCUT2D eigenvalue weighted by molar-refractivity contribution is -0.189. The molecule has 0 unspecified atom stereocenters. The molecule has 1 fully saturated rings.